The van der Waals surface area contributed by atoms with Crippen molar-refractivity contribution in [2.75, 3.05) is 6.54 Å². The van der Waals surface area contributed by atoms with Crippen LogP contribution in [0.15, 0.2) is 42.5 Å². The number of hydrogen-bond acceptors (Lipinski definition) is 3. The zero-order chi connectivity index (χ0) is 16.1. The fourth-order valence-corrected chi connectivity index (χ4v) is 1.95. The number of carbonyl (C=O) groups excluding carboxylic acids is 1. The highest BCUT2D eigenvalue weighted by Gasteiger charge is 2.18. The minimum atomic E-state index is -1.51. The number of aliphatic hydroxyl groups excluding tert-OH is 1. The van der Waals surface area contributed by atoms with Crippen LogP contribution in [0.1, 0.15) is 27.6 Å². The van der Waals surface area contributed by atoms with Gasteiger partial charge in [-0.15, -0.1) is 0 Å². The number of hydrogen-bond donors (Lipinski definition) is 2. The van der Waals surface area contributed by atoms with Crippen molar-refractivity contribution in [1.29, 1.82) is 5.26 Å². The average molecular weight is 302 g/mol. The van der Waals surface area contributed by atoms with E-state index in [1.807, 2.05) is 6.07 Å². The Kier molecular flexibility index (Phi) is 4.81. The van der Waals surface area contributed by atoms with Crippen LogP contribution in [-0.2, 0) is 0 Å². The van der Waals surface area contributed by atoms with Crippen molar-refractivity contribution < 1.29 is 18.7 Å². The van der Waals surface area contributed by atoms with E-state index in [9.17, 15) is 18.7 Å². The van der Waals surface area contributed by atoms with Gasteiger partial charge in [-0.05, 0) is 30.3 Å². The van der Waals surface area contributed by atoms with E-state index in [1.54, 1.807) is 12.1 Å². The molecule has 0 aliphatic carbocycles. The van der Waals surface area contributed by atoms with Crippen LogP contribution in [-0.4, -0.2) is 17.6 Å². The first-order valence-electron chi connectivity index (χ1n) is 6.43. The van der Waals surface area contributed by atoms with Gasteiger partial charge in [-0.1, -0.05) is 12.1 Å². The summed E-state index contributed by atoms with van der Waals surface area (Å²) in [6, 6.07) is 11.1. The Morgan fingerprint density at radius 3 is 2.50 bits per heavy atom. The molecule has 0 spiro atoms. The number of benzene rings is 2. The van der Waals surface area contributed by atoms with Gasteiger partial charge in [-0.2, -0.15) is 5.26 Å². The molecule has 0 aliphatic heterocycles. The molecule has 112 valence electrons. The van der Waals surface area contributed by atoms with Gasteiger partial charge in [0.2, 0.25) is 0 Å². The number of halogens is 2. The lowest BCUT2D eigenvalue weighted by Gasteiger charge is -2.14. The maximum atomic E-state index is 13.5. The molecule has 1 amide bonds. The second-order valence-electron chi connectivity index (χ2n) is 4.55. The van der Waals surface area contributed by atoms with Crippen LogP contribution in [0.5, 0.6) is 0 Å². The highest BCUT2D eigenvalue weighted by atomic mass is 19.1. The molecule has 0 heterocycles. The highest BCUT2D eigenvalue weighted by molar-refractivity contribution is 5.94. The minimum Gasteiger partial charge on any atom is -0.386 e. The van der Waals surface area contributed by atoms with Crippen molar-refractivity contribution in [2.45, 2.75) is 6.10 Å². The molecule has 6 heteroatoms. The second kappa shape index (κ2) is 6.78. The van der Waals surface area contributed by atoms with E-state index in [2.05, 4.69) is 5.32 Å². The molecule has 0 saturated heterocycles. The number of rotatable bonds is 4. The summed E-state index contributed by atoms with van der Waals surface area (Å²) < 4.78 is 27.0. The Morgan fingerprint density at radius 1 is 1.23 bits per heavy atom. The Bertz CT molecular complexity index is 721. The van der Waals surface area contributed by atoms with Gasteiger partial charge in [0, 0.05) is 12.1 Å². The number of carbonyl (C=O) groups is 1. The van der Waals surface area contributed by atoms with Crippen LogP contribution < -0.4 is 5.32 Å². The normalized spacial score (nSPS) is 11.5. The molecule has 0 aliphatic rings. The van der Waals surface area contributed by atoms with Gasteiger partial charge in [0.15, 0.2) is 0 Å². The molecular weight excluding hydrogens is 290 g/mol. The Hall–Kier alpha value is -2.78. The quantitative estimate of drug-likeness (QED) is 0.910. The molecule has 2 N–H and O–H groups in total. The smallest absolute Gasteiger partial charge is 0.251 e. The molecule has 0 saturated carbocycles. The van der Waals surface area contributed by atoms with Gasteiger partial charge in [0.05, 0.1) is 17.2 Å². The predicted octanol–water partition coefficient (Wildman–Crippen LogP) is 2.30. The van der Waals surface area contributed by atoms with Gasteiger partial charge >= 0.3 is 0 Å². The van der Waals surface area contributed by atoms with Crippen molar-refractivity contribution in [3.8, 4) is 6.07 Å². The second-order valence-corrected chi connectivity index (χ2v) is 4.55. The van der Waals surface area contributed by atoms with E-state index >= 15 is 0 Å². The molecule has 0 bridgehead atoms. The molecule has 2 aromatic carbocycles. The molecule has 0 aromatic heterocycles. The number of aliphatic hydroxyl groups is 1. The highest BCUT2D eigenvalue weighted by Crippen LogP contribution is 2.20. The largest absolute Gasteiger partial charge is 0.386 e. The number of nitriles is 1. The molecular formula is C16H12F2N2O2. The molecule has 0 radical (unpaired) electrons. The lowest BCUT2D eigenvalue weighted by atomic mass is 10.1. The standard InChI is InChI=1S/C16H12F2N2O2/c17-12-5-2-6-13(18)15(12)14(21)9-20-16(22)11-4-1-3-10(7-11)8-19/h1-7,14,21H,9H2,(H,20,22). The molecule has 4 nitrogen and oxygen atoms in total. The summed E-state index contributed by atoms with van der Waals surface area (Å²) in [6.45, 7) is -0.354. The monoisotopic (exact) mass is 302 g/mol. The van der Waals surface area contributed by atoms with Crippen molar-refractivity contribution in [3.05, 3.63) is 70.8 Å². The first-order chi connectivity index (χ1) is 10.5. The van der Waals surface area contributed by atoms with Gasteiger partial charge in [-0.25, -0.2) is 8.78 Å². The fraction of sp³-hybridized carbons (Fsp3) is 0.125. The SMILES string of the molecule is N#Cc1cccc(C(=O)NCC(O)c2c(F)cccc2F)c1. The van der Waals surface area contributed by atoms with Crippen LogP contribution in [0, 0.1) is 23.0 Å². The van der Waals surface area contributed by atoms with E-state index in [0.29, 0.717) is 5.56 Å². The maximum absolute atomic E-state index is 13.5. The van der Waals surface area contributed by atoms with E-state index in [4.69, 9.17) is 5.26 Å². The third-order valence-corrected chi connectivity index (χ3v) is 3.04. The third kappa shape index (κ3) is 3.45. The molecule has 1 atom stereocenters. The summed E-state index contributed by atoms with van der Waals surface area (Å²) in [5.41, 5.74) is 0.0437. The van der Waals surface area contributed by atoms with E-state index in [1.165, 1.54) is 18.2 Å². The van der Waals surface area contributed by atoms with Gasteiger partial charge in [0.1, 0.15) is 17.7 Å². The number of amides is 1. The summed E-state index contributed by atoms with van der Waals surface area (Å²) in [4.78, 5) is 11.9. The van der Waals surface area contributed by atoms with Crippen LogP contribution >= 0.6 is 0 Å². The number of nitrogens with one attached hydrogen (secondary N) is 1. The van der Waals surface area contributed by atoms with Gasteiger partial charge < -0.3 is 10.4 Å². The van der Waals surface area contributed by atoms with Gasteiger partial charge in [0.25, 0.3) is 5.91 Å². The Morgan fingerprint density at radius 2 is 1.86 bits per heavy atom. The van der Waals surface area contributed by atoms with Crippen molar-refractivity contribution in [1.82, 2.24) is 5.32 Å². The zero-order valence-corrected chi connectivity index (χ0v) is 11.4. The summed E-state index contributed by atoms with van der Waals surface area (Å²) >= 11 is 0. The van der Waals surface area contributed by atoms with Crippen molar-refractivity contribution in [2.24, 2.45) is 0 Å². The van der Waals surface area contributed by atoms with Crippen molar-refractivity contribution >= 4 is 5.91 Å². The first kappa shape index (κ1) is 15.6. The van der Waals surface area contributed by atoms with E-state index < -0.39 is 29.2 Å². The molecule has 2 aromatic rings. The summed E-state index contributed by atoms with van der Waals surface area (Å²) in [6.07, 6.45) is -1.51. The first-order valence-corrected chi connectivity index (χ1v) is 6.43. The van der Waals surface area contributed by atoms with Crippen LogP contribution in [0.4, 0.5) is 8.78 Å². The average Bonchev–Trinajstić information content (AvgIpc) is 2.52. The van der Waals surface area contributed by atoms with Crippen LogP contribution in [0.25, 0.3) is 0 Å². The Labute approximate surface area is 125 Å². The molecule has 22 heavy (non-hydrogen) atoms. The molecule has 1 unspecified atom stereocenters. The van der Waals surface area contributed by atoms with Crippen molar-refractivity contribution in [3.63, 3.8) is 0 Å². The molecule has 2 rings (SSSR count). The maximum Gasteiger partial charge on any atom is 0.251 e. The van der Waals surface area contributed by atoms with E-state index in [-0.39, 0.29) is 12.1 Å². The minimum absolute atomic E-state index is 0.222. The number of nitrogens with zero attached hydrogens (tertiary/aromatic N) is 1. The van der Waals surface area contributed by atoms with E-state index in [0.717, 1.165) is 12.1 Å². The summed E-state index contributed by atoms with van der Waals surface area (Å²) in [5, 5.41) is 21.0. The topological polar surface area (TPSA) is 73.1 Å². The zero-order valence-electron chi connectivity index (χ0n) is 11.4. The lowest BCUT2D eigenvalue weighted by Crippen LogP contribution is -2.29. The lowest BCUT2D eigenvalue weighted by molar-refractivity contribution is 0.0911. The van der Waals surface area contributed by atoms with Crippen LogP contribution in [0.3, 0.4) is 0 Å². The fourth-order valence-electron chi connectivity index (χ4n) is 1.95. The Balaban J connectivity index is 2.06. The molecule has 0 fully saturated rings. The predicted molar refractivity (Wildman–Crippen MR) is 74.8 cm³/mol. The van der Waals surface area contributed by atoms with Gasteiger partial charge in [-0.3, -0.25) is 4.79 Å². The third-order valence-electron chi connectivity index (χ3n) is 3.04. The van der Waals surface area contributed by atoms with Crippen LogP contribution in [0.2, 0.25) is 0 Å². The summed E-state index contributed by atoms with van der Waals surface area (Å²) in [5.74, 6) is -2.31. The summed E-state index contributed by atoms with van der Waals surface area (Å²) in [7, 11) is 0.